The van der Waals surface area contributed by atoms with Gasteiger partial charge in [0.25, 0.3) is 0 Å². The van der Waals surface area contributed by atoms with Crippen LogP contribution in [-0.4, -0.2) is 57.5 Å². The smallest absolute Gasteiger partial charge is 0.246 e. The molecule has 1 amide bonds. The van der Waals surface area contributed by atoms with Crippen LogP contribution < -0.4 is 4.90 Å². The van der Waals surface area contributed by atoms with E-state index in [1.54, 1.807) is 29.0 Å². The number of hydrogen-bond donors (Lipinski definition) is 0. The highest BCUT2D eigenvalue weighted by Gasteiger charge is 2.20. The van der Waals surface area contributed by atoms with E-state index in [0.717, 1.165) is 18.8 Å². The molecule has 0 N–H and O–H groups in total. The first kappa shape index (κ1) is 15.9. The van der Waals surface area contributed by atoms with Crippen molar-refractivity contribution in [2.75, 3.05) is 31.1 Å². The fourth-order valence-corrected chi connectivity index (χ4v) is 2.62. The third-order valence-electron chi connectivity index (χ3n) is 3.97. The van der Waals surface area contributed by atoms with Crippen LogP contribution in [0.15, 0.2) is 49.1 Å². The lowest BCUT2D eigenvalue weighted by Crippen LogP contribution is -2.48. The summed E-state index contributed by atoms with van der Waals surface area (Å²) in [6.07, 6.45) is 9.34. The summed E-state index contributed by atoms with van der Waals surface area (Å²) >= 11 is 0. The first-order valence-electron chi connectivity index (χ1n) is 7.78. The van der Waals surface area contributed by atoms with Crippen molar-refractivity contribution in [3.63, 3.8) is 0 Å². The number of piperazine rings is 1. The van der Waals surface area contributed by atoms with E-state index in [-0.39, 0.29) is 11.7 Å². The molecule has 0 aromatic carbocycles. The van der Waals surface area contributed by atoms with Crippen molar-refractivity contribution in [1.82, 2.24) is 19.7 Å². The first-order chi connectivity index (χ1) is 11.6. The molecule has 0 aliphatic carbocycles. The molecular weight excluding hydrogens is 306 g/mol. The van der Waals surface area contributed by atoms with Crippen LogP contribution in [-0.2, 0) is 11.8 Å². The fourth-order valence-electron chi connectivity index (χ4n) is 2.62. The van der Waals surface area contributed by atoms with Gasteiger partial charge in [-0.25, -0.2) is 0 Å². The van der Waals surface area contributed by atoms with Crippen LogP contribution in [0.4, 0.5) is 5.69 Å². The molecule has 0 radical (unpaired) electrons. The Balaban J connectivity index is 1.53. The minimum atomic E-state index is -0.217. The zero-order chi connectivity index (χ0) is 16.9. The zero-order valence-corrected chi connectivity index (χ0v) is 13.5. The van der Waals surface area contributed by atoms with Gasteiger partial charge < -0.3 is 9.80 Å². The maximum atomic E-state index is 12.2. The van der Waals surface area contributed by atoms with Crippen molar-refractivity contribution in [2.45, 2.75) is 0 Å². The lowest BCUT2D eigenvalue weighted by atomic mass is 10.2. The largest absolute Gasteiger partial charge is 0.367 e. The molecule has 0 bridgehead atoms. The van der Waals surface area contributed by atoms with Crippen LogP contribution in [0.3, 0.4) is 0 Å². The SMILES string of the molecule is Cn1cc(C(=O)/C=C/C(=O)N2CCN(c3cccnc3)CC2)cn1. The van der Waals surface area contributed by atoms with Crippen molar-refractivity contribution < 1.29 is 9.59 Å². The monoisotopic (exact) mass is 325 g/mol. The van der Waals surface area contributed by atoms with Crippen molar-refractivity contribution >= 4 is 17.4 Å². The Morgan fingerprint density at radius 1 is 1.12 bits per heavy atom. The number of hydrogen-bond acceptors (Lipinski definition) is 5. The number of nitrogens with zero attached hydrogens (tertiary/aromatic N) is 5. The van der Waals surface area contributed by atoms with Crippen LogP contribution in [0, 0.1) is 0 Å². The Morgan fingerprint density at radius 3 is 2.54 bits per heavy atom. The molecule has 2 aromatic heterocycles. The minimum Gasteiger partial charge on any atom is -0.367 e. The summed E-state index contributed by atoms with van der Waals surface area (Å²) in [6, 6.07) is 3.91. The maximum Gasteiger partial charge on any atom is 0.246 e. The highest BCUT2D eigenvalue weighted by Crippen LogP contribution is 2.14. The summed E-state index contributed by atoms with van der Waals surface area (Å²) < 4.78 is 1.56. The molecule has 1 aliphatic heterocycles. The van der Waals surface area contributed by atoms with Gasteiger partial charge in [-0.3, -0.25) is 19.3 Å². The summed E-state index contributed by atoms with van der Waals surface area (Å²) in [6.45, 7) is 2.75. The molecule has 3 heterocycles. The van der Waals surface area contributed by atoms with Crippen molar-refractivity contribution in [3.8, 4) is 0 Å². The quantitative estimate of drug-likeness (QED) is 0.617. The Labute approximate surface area is 140 Å². The van der Waals surface area contributed by atoms with Crippen molar-refractivity contribution in [3.05, 3.63) is 54.6 Å². The molecule has 7 nitrogen and oxygen atoms in total. The average molecular weight is 325 g/mol. The van der Waals surface area contributed by atoms with Gasteiger partial charge in [0, 0.05) is 51.7 Å². The normalized spacial score (nSPS) is 15.0. The Hall–Kier alpha value is -2.96. The first-order valence-corrected chi connectivity index (χ1v) is 7.78. The van der Waals surface area contributed by atoms with Gasteiger partial charge in [-0.2, -0.15) is 5.10 Å². The van der Waals surface area contributed by atoms with E-state index in [1.807, 2.05) is 18.3 Å². The van der Waals surface area contributed by atoms with Crippen molar-refractivity contribution in [1.29, 1.82) is 0 Å². The van der Waals surface area contributed by atoms with E-state index in [2.05, 4.69) is 15.0 Å². The lowest BCUT2D eigenvalue weighted by molar-refractivity contribution is -0.126. The summed E-state index contributed by atoms with van der Waals surface area (Å²) in [4.78, 5) is 32.2. The molecule has 0 unspecified atom stereocenters. The second-order valence-electron chi connectivity index (χ2n) is 5.62. The topological polar surface area (TPSA) is 71.3 Å². The van der Waals surface area contributed by atoms with Crippen molar-refractivity contribution in [2.24, 2.45) is 7.05 Å². The minimum absolute atomic E-state index is 0.141. The van der Waals surface area contributed by atoms with E-state index >= 15 is 0 Å². The van der Waals surface area contributed by atoms with E-state index in [1.165, 1.54) is 18.3 Å². The summed E-state index contributed by atoms with van der Waals surface area (Å²) in [5.74, 6) is -0.358. The lowest BCUT2D eigenvalue weighted by Gasteiger charge is -2.35. The summed E-state index contributed by atoms with van der Waals surface area (Å²) in [5.41, 5.74) is 1.54. The summed E-state index contributed by atoms with van der Waals surface area (Å²) in [5, 5.41) is 3.95. The molecule has 24 heavy (non-hydrogen) atoms. The van der Waals surface area contributed by atoms with Gasteiger partial charge >= 0.3 is 0 Å². The highest BCUT2D eigenvalue weighted by molar-refractivity contribution is 6.07. The molecular formula is C17H19N5O2. The number of carbonyl (C=O) groups excluding carboxylic acids is 2. The number of aryl methyl sites for hydroxylation is 1. The Morgan fingerprint density at radius 2 is 1.92 bits per heavy atom. The highest BCUT2D eigenvalue weighted by atomic mass is 16.2. The number of aromatic nitrogens is 3. The molecule has 0 spiro atoms. The molecule has 124 valence electrons. The number of anilines is 1. The predicted molar refractivity (Wildman–Crippen MR) is 89.7 cm³/mol. The van der Waals surface area contributed by atoms with Gasteiger partial charge in [-0.05, 0) is 18.2 Å². The third kappa shape index (κ3) is 3.68. The molecule has 0 saturated carbocycles. The van der Waals surface area contributed by atoms with Gasteiger partial charge in [0.1, 0.15) is 0 Å². The van der Waals surface area contributed by atoms with E-state index in [0.29, 0.717) is 18.7 Å². The predicted octanol–water partition coefficient (Wildman–Crippen LogP) is 0.903. The maximum absolute atomic E-state index is 12.2. The van der Waals surface area contributed by atoms with Gasteiger partial charge in [0.2, 0.25) is 5.91 Å². The third-order valence-corrected chi connectivity index (χ3v) is 3.97. The summed E-state index contributed by atoms with van der Waals surface area (Å²) in [7, 11) is 1.74. The number of amides is 1. The van der Waals surface area contributed by atoms with Gasteiger partial charge in [0.15, 0.2) is 5.78 Å². The van der Waals surface area contributed by atoms with E-state index < -0.39 is 0 Å². The van der Waals surface area contributed by atoms with Gasteiger partial charge in [0.05, 0.1) is 23.6 Å². The molecule has 2 aromatic rings. The molecule has 3 rings (SSSR count). The standard InChI is InChI=1S/C17H19N5O2/c1-20-13-14(11-19-20)16(23)4-5-17(24)22-9-7-21(8-10-22)15-3-2-6-18-12-15/h2-6,11-13H,7-10H2,1H3/b5-4+. The van der Waals surface area contributed by atoms with Gasteiger partial charge in [-0.1, -0.05) is 0 Å². The molecule has 1 saturated heterocycles. The number of allylic oxidation sites excluding steroid dienone is 1. The van der Waals surface area contributed by atoms with Gasteiger partial charge in [-0.15, -0.1) is 0 Å². The molecule has 1 fully saturated rings. The average Bonchev–Trinajstić information content (AvgIpc) is 3.07. The van der Waals surface area contributed by atoms with E-state index in [9.17, 15) is 9.59 Å². The second kappa shape index (κ2) is 7.08. The number of pyridine rings is 1. The van der Waals surface area contributed by atoms with Crippen LogP contribution >= 0.6 is 0 Å². The number of rotatable bonds is 4. The van der Waals surface area contributed by atoms with Crippen LogP contribution in [0.1, 0.15) is 10.4 Å². The fraction of sp³-hybridized carbons (Fsp3) is 0.294. The van der Waals surface area contributed by atoms with Crippen LogP contribution in [0.5, 0.6) is 0 Å². The number of ketones is 1. The Kier molecular flexibility index (Phi) is 4.69. The molecule has 1 aliphatic rings. The van der Waals surface area contributed by atoms with Crippen LogP contribution in [0.25, 0.3) is 0 Å². The second-order valence-corrected chi connectivity index (χ2v) is 5.62. The molecule has 7 heteroatoms. The van der Waals surface area contributed by atoms with E-state index in [4.69, 9.17) is 0 Å². The Bertz CT molecular complexity index is 745. The zero-order valence-electron chi connectivity index (χ0n) is 13.5. The van der Waals surface area contributed by atoms with Crippen LogP contribution in [0.2, 0.25) is 0 Å². The number of carbonyl (C=O) groups is 2. The molecule has 0 atom stereocenters.